The zero-order chi connectivity index (χ0) is 13.3. The van der Waals surface area contributed by atoms with Crippen molar-refractivity contribution in [3.63, 3.8) is 0 Å². The number of fused-ring (bicyclic) bond motifs is 1. The van der Waals surface area contributed by atoms with E-state index in [1.807, 2.05) is 39.1 Å². The van der Waals surface area contributed by atoms with Crippen LogP contribution < -0.4 is 5.69 Å². The summed E-state index contributed by atoms with van der Waals surface area (Å²) in [5.41, 5.74) is 2.27. The predicted molar refractivity (Wildman–Crippen MR) is 71.6 cm³/mol. The molecule has 2 aromatic rings. The molecule has 0 saturated heterocycles. The lowest BCUT2D eigenvalue weighted by Crippen LogP contribution is -2.43. The Labute approximate surface area is 105 Å². The molecule has 0 fully saturated rings. The fourth-order valence-corrected chi connectivity index (χ4v) is 1.79. The molecule has 98 valence electrons. The van der Waals surface area contributed by atoms with Crippen molar-refractivity contribution in [1.29, 1.82) is 0 Å². The molecule has 0 unspecified atom stereocenters. The van der Waals surface area contributed by atoms with Gasteiger partial charge in [-0.1, -0.05) is 6.07 Å². The first-order valence-electron chi connectivity index (χ1n) is 5.95. The quantitative estimate of drug-likeness (QED) is 0.758. The van der Waals surface area contributed by atoms with E-state index in [0.29, 0.717) is 0 Å². The summed E-state index contributed by atoms with van der Waals surface area (Å²) in [6, 6.07) is 5.83. The Morgan fingerprint density at radius 2 is 1.94 bits per heavy atom. The Morgan fingerprint density at radius 3 is 2.61 bits per heavy atom. The van der Waals surface area contributed by atoms with Crippen LogP contribution in [0.25, 0.3) is 11.0 Å². The summed E-state index contributed by atoms with van der Waals surface area (Å²) in [5.74, 6) is 0. The predicted octanol–water partition coefficient (Wildman–Crippen LogP) is 1.06. The van der Waals surface area contributed by atoms with Crippen LogP contribution in [-0.2, 0) is 6.54 Å². The highest BCUT2D eigenvalue weighted by Crippen LogP contribution is 2.17. The number of benzene rings is 1. The maximum Gasteiger partial charge on any atom is 0.323 e. The van der Waals surface area contributed by atoms with Gasteiger partial charge in [-0.2, -0.15) is 0 Å². The SMILES string of the molecule is CN(Cc1ccc2[nH]c(=O)[nH]c2c1)C(C)(C)CO. The highest BCUT2D eigenvalue weighted by Gasteiger charge is 2.22. The molecule has 5 heteroatoms. The fourth-order valence-electron chi connectivity index (χ4n) is 1.79. The number of aromatic nitrogens is 2. The van der Waals surface area contributed by atoms with E-state index in [0.717, 1.165) is 23.1 Å². The molecular formula is C13H19N3O2. The van der Waals surface area contributed by atoms with Crippen LogP contribution in [-0.4, -0.2) is 39.2 Å². The first-order chi connectivity index (χ1) is 8.42. The van der Waals surface area contributed by atoms with Crippen molar-refractivity contribution in [1.82, 2.24) is 14.9 Å². The molecule has 1 heterocycles. The zero-order valence-corrected chi connectivity index (χ0v) is 10.9. The standard InChI is InChI=1S/C13H19N3O2/c1-13(2,8-17)16(3)7-9-4-5-10-11(6-9)15-12(18)14-10/h4-6,17H,7-8H2,1-3H3,(H2,14,15,18). The van der Waals surface area contributed by atoms with Gasteiger partial charge in [-0.15, -0.1) is 0 Å². The average molecular weight is 249 g/mol. The van der Waals surface area contributed by atoms with Crippen molar-refractivity contribution in [2.75, 3.05) is 13.7 Å². The molecule has 1 aromatic heterocycles. The molecule has 2 rings (SSSR count). The summed E-state index contributed by atoms with van der Waals surface area (Å²) in [7, 11) is 1.97. The van der Waals surface area contributed by atoms with E-state index in [4.69, 9.17) is 0 Å². The third kappa shape index (κ3) is 2.47. The summed E-state index contributed by atoms with van der Waals surface area (Å²) >= 11 is 0. The van der Waals surface area contributed by atoms with Crippen LogP contribution in [0.5, 0.6) is 0 Å². The van der Waals surface area contributed by atoms with E-state index in [9.17, 15) is 9.90 Å². The number of hydrogen-bond donors (Lipinski definition) is 3. The minimum Gasteiger partial charge on any atom is -0.394 e. The van der Waals surface area contributed by atoms with Crippen LogP contribution in [0.1, 0.15) is 19.4 Å². The number of imidazole rings is 1. The molecule has 0 aliphatic heterocycles. The molecule has 0 aliphatic rings. The Hall–Kier alpha value is -1.59. The van der Waals surface area contributed by atoms with E-state index < -0.39 is 0 Å². The lowest BCUT2D eigenvalue weighted by atomic mass is 10.0. The summed E-state index contributed by atoms with van der Waals surface area (Å²) in [6.07, 6.45) is 0. The first-order valence-corrected chi connectivity index (χ1v) is 5.95. The lowest BCUT2D eigenvalue weighted by molar-refractivity contribution is 0.0734. The van der Waals surface area contributed by atoms with Gasteiger partial charge in [0.1, 0.15) is 0 Å². The van der Waals surface area contributed by atoms with Gasteiger partial charge in [0, 0.05) is 12.1 Å². The zero-order valence-electron chi connectivity index (χ0n) is 10.9. The van der Waals surface area contributed by atoms with Crippen LogP contribution in [0.3, 0.4) is 0 Å². The van der Waals surface area contributed by atoms with E-state index in [1.54, 1.807) is 0 Å². The summed E-state index contributed by atoms with van der Waals surface area (Å²) < 4.78 is 0. The number of H-pyrrole nitrogens is 2. The molecule has 0 aliphatic carbocycles. The monoisotopic (exact) mass is 249 g/mol. The van der Waals surface area contributed by atoms with Gasteiger partial charge in [-0.25, -0.2) is 4.79 Å². The van der Waals surface area contributed by atoms with Gasteiger partial charge in [-0.05, 0) is 38.6 Å². The first kappa shape index (κ1) is 12.9. The van der Waals surface area contributed by atoms with Gasteiger partial charge in [0.15, 0.2) is 0 Å². The second-order valence-corrected chi connectivity index (χ2v) is 5.29. The molecule has 0 spiro atoms. The smallest absolute Gasteiger partial charge is 0.323 e. The Bertz CT molecular complexity index is 598. The van der Waals surface area contributed by atoms with Crippen LogP contribution in [0, 0.1) is 0 Å². The Balaban J connectivity index is 2.24. The van der Waals surface area contributed by atoms with Crippen molar-refractivity contribution in [2.45, 2.75) is 25.9 Å². The van der Waals surface area contributed by atoms with Crippen molar-refractivity contribution < 1.29 is 5.11 Å². The number of aromatic amines is 2. The van der Waals surface area contributed by atoms with Crippen molar-refractivity contribution in [2.24, 2.45) is 0 Å². The van der Waals surface area contributed by atoms with Crippen LogP contribution in [0.2, 0.25) is 0 Å². The highest BCUT2D eigenvalue weighted by atomic mass is 16.3. The van der Waals surface area contributed by atoms with Gasteiger partial charge in [0.05, 0.1) is 17.6 Å². The normalized spacial score (nSPS) is 12.5. The second-order valence-electron chi connectivity index (χ2n) is 5.29. The van der Waals surface area contributed by atoms with Crippen LogP contribution >= 0.6 is 0 Å². The molecule has 1 aromatic carbocycles. The van der Waals surface area contributed by atoms with Gasteiger partial charge in [0.2, 0.25) is 0 Å². The maximum atomic E-state index is 11.2. The lowest BCUT2D eigenvalue weighted by Gasteiger charge is -2.33. The number of likely N-dealkylation sites (N-methyl/N-ethyl adjacent to an activating group) is 1. The second kappa shape index (κ2) is 4.59. The van der Waals surface area contributed by atoms with Crippen molar-refractivity contribution in [3.8, 4) is 0 Å². The van der Waals surface area contributed by atoms with Gasteiger partial charge in [0.25, 0.3) is 0 Å². The molecular weight excluding hydrogens is 230 g/mol. The number of nitrogens with zero attached hydrogens (tertiary/aromatic N) is 1. The minimum absolute atomic E-state index is 0.104. The van der Waals surface area contributed by atoms with E-state index in [1.165, 1.54) is 0 Å². The van der Waals surface area contributed by atoms with Crippen LogP contribution in [0.4, 0.5) is 0 Å². The van der Waals surface area contributed by atoms with Crippen molar-refractivity contribution in [3.05, 3.63) is 34.2 Å². The molecule has 0 atom stereocenters. The number of rotatable bonds is 4. The van der Waals surface area contributed by atoms with Crippen molar-refractivity contribution >= 4 is 11.0 Å². The summed E-state index contributed by atoms with van der Waals surface area (Å²) in [6.45, 7) is 4.80. The van der Waals surface area contributed by atoms with Gasteiger partial charge >= 0.3 is 5.69 Å². The van der Waals surface area contributed by atoms with E-state index in [2.05, 4.69) is 14.9 Å². The molecule has 0 bridgehead atoms. The fraction of sp³-hybridized carbons (Fsp3) is 0.462. The molecule has 0 radical (unpaired) electrons. The van der Waals surface area contributed by atoms with Gasteiger partial charge in [-0.3, -0.25) is 4.90 Å². The Kier molecular flexibility index (Phi) is 3.28. The maximum absolute atomic E-state index is 11.2. The van der Waals surface area contributed by atoms with Gasteiger partial charge < -0.3 is 15.1 Å². The number of aliphatic hydroxyl groups is 1. The average Bonchev–Trinajstić information content (AvgIpc) is 2.68. The molecule has 0 amide bonds. The highest BCUT2D eigenvalue weighted by molar-refractivity contribution is 5.74. The van der Waals surface area contributed by atoms with Crippen LogP contribution in [0.15, 0.2) is 23.0 Å². The van der Waals surface area contributed by atoms with E-state index in [-0.39, 0.29) is 17.8 Å². The third-order valence-corrected chi connectivity index (χ3v) is 3.42. The third-order valence-electron chi connectivity index (χ3n) is 3.42. The minimum atomic E-state index is -0.263. The Morgan fingerprint density at radius 1 is 1.28 bits per heavy atom. The molecule has 3 N–H and O–H groups in total. The topological polar surface area (TPSA) is 72.1 Å². The largest absolute Gasteiger partial charge is 0.394 e. The number of hydrogen-bond acceptors (Lipinski definition) is 3. The summed E-state index contributed by atoms with van der Waals surface area (Å²) in [5, 5.41) is 9.32. The number of nitrogens with one attached hydrogen (secondary N) is 2. The molecule has 18 heavy (non-hydrogen) atoms. The van der Waals surface area contributed by atoms with E-state index >= 15 is 0 Å². The number of aliphatic hydroxyl groups excluding tert-OH is 1. The molecule has 0 saturated carbocycles. The summed E-state index contributed by atoms with van der Waals surface area (Å²) in [4.78, 5) is 18.7. The molecule has 5 nitrogen and oxygen atoms in total.